The number of aliphatic hydroxyl groups is 1. The minimum absolute atomic E-state index is 0.274. The zero-order chi connectivity index (χ0) is 17.9. The summed E-state index contributed by atoms with van der Waals surface area (Å²) < 4.78 is 4.86. The predicted octanol–water partition coefficient (Wildman–Crippen LogP) is 2.22. The van der Waals surface area contributed by atoms with Gasteiger partial charge in [-0.2, -0.15) is 0 Å². The van der Waals surface area contributed by atoms with Gasteiger partial charge >= 0.3 is 5.97 Å². The Hall–Kier alpha value is -2.66. The molecule has 0 bridgehead atoms. The smallest absolute Gasteiger partial charge is 0.321 e. The minimum Gasteiger partial charge on any atom is -0.468 e. The third-order valence-electron chi connectivity index (χ3n) is 4.79. The Morgan fingerprint density at radius 1 is 1.16 bits per heavy atom. The zero-order valence-corrected chi connectivity index (χ0v) is 14.0. The lowest BCUT2D eigenvalue weighted by atomic mass is 9.95. The van der Waals surface area contributed by atoms with Crippen LogP contribution in [0, 0.1) is 11.3 Å². The Kier molecular flexibility index (Phi) is 4.86. The van der Waals surface area contributed by atoms with Gasteiger partial charge in [0.1, 0.15) is 0 Å². The first kappa shape index (κ1) is 17.2. The Labute approximate surface area is 146 Å². The largest absolute Gasteiger partial charge is 0.468 e. The molecule has 0 aliphatic heterocycles. The highest BCUT2D eigenvalue weighted by Crippen LogP contribution is 2.59. The van der Waals surface area contributed by atoms with Gasteiger partial charge < -0.3 is 15.2 Å². The maximum absolute atomic E-state index is 12.7. The molecule has 1 fully saturated rings. The number of ether oxygens (including phenoxy) is 1. The molecule has 2 aromatic rings. The number of benzene rings is 2. The summed E-state index contributed by atoms with van der Waals surface area (Å²) in [6, 6.07) is 18.5. The van der Waals surface area contributed by atoms with Crippen LogP contribution < -0.4 is 5.32 Å². The van der Waals surface area contributed by atoms with Crippen molar-refractivity contribution in [1.29, 1.82) is 0 Å². The number of carbonyl (C=O) groups excluding carboxylic acids is 2. The molecule has 0 spiro atoms. The summed E-state index contributed by atoms with van der Waals surface area (Å²) in [5, 5.41) is 13.4. The Morgan fingerprint density at radius 2 is 1.76 bits per heavy atom. The van der Waals surface area contributed by atoms with Crippen molar-refractivity contribution < 1.29 is 19.4 Å². The molecule has 0 radical (unpaired) electrons. The molecule has 1 aliphatic carbocycles. The van der Waals surface area contributed by atoms with E-state index in [1.807, 2.05) is 48.5 Å². The van der Waals surface area contributed by atoms with Crippen LogP contribution in [0.1, 0.15) is 23.7 Å². The van der Waals surface area contributed by atoms with Crippen molar-refractivity contribution >= 4 is 11.9 Å². The Bertz CT molecular complexity index is 747. The number of carbonyl (C=O) groups is 2. The number of methoxy groups -OCH3 is 1. The van der Waals surface area contributed by atoms with E-state index in [4.69, 9.17) is 4.74 Å². The highest BCUT2D eigenvalue weighted by atomic mass is 16.5. The fourth-order valence-electron chi connectivity index (χ4n) is 3.26. The van der Waals surface area contributed by atoms with Gasteiger partial charge in [0.15, 0.2) is 5.41 Å². The van der Waals surface area contributed by atoms with Gasteiger partial charge in [0, 0.05) is 12.5 Å². The molecule has 1 saturated carbocycles. The molecule has 0 aromatic heterocycles. The molecular formula is C20H21NO4. The zero-order valence-electron chi connectivity index (χ0n) is 14.0. The highest BCUT2D eigenvalue weighted by molar-refractivity contribution is 6.06. The van der Waals surface area contributed by atoms with Crippen LogP contribution in [-0.4, -0.2) is 24.1 Å². The average Bonchev–Trinajstić information content (AvgIpc) is 3.43. The minimum atomic E-state index is -1.32. The molecule has 0 heterocycles. The molecule has 5 heteroatoms. The first-order valence-electron chi connectivity index (χ1n) is 8.23. The van der Waals surface area contributed by atoms with Gasteiger partial charge in [0.05, 0.1) is 13.2 Å². The van der Waals surface area contributed by atoms with Crippen molar-refractivity contribution in [2.75, 3.05) is 7.11 Å². The van der Waals surface area contributed by atoms with E-state index in [2.05, 4.69) is 5.32 Å². The number of aliphatic hydroxyl groups excluding tert-OH is 1. The van der Waals surface area contributed by atoms with Crippen molar-refractivity contribution in [3.63, 3.8) is 0 Å². The topological polar surface area (TPSA) is 75.6 Å². The molecule has 25 heavy (non-hydrogen) atoms. The van der Waals surface area contributed by atoms with Crippen molar-refractivity contribution in [1.82, 2.24) is 5.32 Å². The highest BCUT2D eigenvalue weighted by Gasteiger charge is 2.69. The fraction of sp³-hybridized carbons (Fsp3) is 0.300. The number of hydrogen-bond donors (Lipinski definition) is 2. The van der Waals surface area contributed by atoms with Gasteiger partial charge in [-0.15, -0.1) is 0 Å². The maximum Gasteiger partial charge on any atom is 0.321 e. The molecule has 0 saturated heterocycles. The molecule has 1 aliphatic rings. The van der Waals surface area contributed by atoms with E-state index in [-0.39, 0.29) is 6.42 Å². The summed E-state index contributed by atoms with van der Waals surface area (Å²) in [5.74, 6) is -1.49. The van der Waals surface area contributed by atoms with E-state index < -0.39 is 29.3 Å². The summed E-state index contributed by atoms with van der Waals surface area (Å²) in [5.41, 5.74) is 0.310. The second kappa shape index (κ2) is 7.07. The van der Waals surface area contributed by atoms with Gasteiger partial charge in [-0.25, -0.2) is 0 Å². The normalized spacial score (nSPS) is 22.7. The van der Waals surface area contributed by atoms with Crippen LogP contribution in [0.5, 0.6) is 0 Å². The van der Waals surface area contributed by atoms with E-state index >= 15 is 0 Å². The molecule has 3 rings (SSSR count). The lowest BCUT2D eigenvalue weighted by Gasteiger charge is -2.18. The van der Waals surface area contributed by atoms with E-state index in [1.54, 1.807) is 12.1 Å². The molecular weight excluding hydrogens is 318 g/mol. The van der Waals surface area contributed by atoms with Crippen LogP contribution in [0.3, 0.4) is 0 Å². The summed E-state index contributed by atoms with van der Waals surface area (Å²) in [6.07, 6.45) is -0.612. The van der Waals surface area contributed by atoms with Crippen molar-refractivity contribution in [2.24, 2.45) is 11.3 Å². The summed E-state index contributed by atoms with van der Waals surface area (Å²) in [7, 11) is 1.26. The SMILES string of the molecule is COC(=O)C1(C(=O)NCc2ccccc2)CC1C(O)c1ccccc1. The van der Waals surface area contributed by atoms with Crippen LogP contribution in [0.4, 0.5) is 0 Å². The molecule has 130 valence electrons. The summed E-state index contributed by atoms with van der Waals surface area (Å²) >= 11 is 0. The first-order chi connectivity index (χ1) is 12.1. The number of esters is 1. The molecule has 1 amide bonds. The summed E-state index contributed by atoms with van der Waals surface area (Å²) in [6.45, 7) is 0.326. The first-order valence-corrected chi connectivity index (χ1v) is 8.23. The second-order valence-corrected chi connectivity index (χ2v) is 6.30. The van der Waals surface area contributed by atoms with Crippen molar-refractivity contribution in [3.8, 4) is 0 Å². The maximum atomic E-state index is 12.7. The summed E-state index contributed by atoms with van der Waals surface area (Å²) in [4.78, 5) is 25.0. The van der Waals surface area contributed by atoms with E-state index in [1.165, 1.54) is 7.11 Å². The molecule has 3 atom stereocenters. The third-order valence-corrected chi connectivity index (χ3v) is 4.79. The van der Waals surface area contributed by atoms with E-state index in [9.17, 15) is 14.7 Å². The quantitative estimate of drug-likeness (QED) is 0.625. The Morgan fingerprint density at radius 3 is 2.36 bits per heavy atom. The van der Waals surface area contributed by atoms with Crippen LogP contribution in [-0.2, 0) is 20.9 Å². The fourth-order valence-corrected chi connectivity index (χ4v) is 3.26. The number of nitrogens with one attached hydrogen (secondary N) is 1. The van der Waals surface area contributed by atoms with Crippen LogP contribution >= 0.6 is 0 Å². The molecule has 3 unspecified atom stereocenters. The standard InChI is InChI=1S/C20H21NO4/c1-25-19(24)20(18(23)21-13-14-8-4-2-5-9-14)12-16(20)17(22)15-10-6-3-7-11-15/h2-11,16-17,22H,12-13H2,1H3,(H,21,23). The molecule has 2 N–H and O–H groups in total. The number of rotatable bonds is 6. The predicted molar refractivity (Wildman–Crippen MR) is 92.2 cm³/mol. The lowest BCUT2D eigenvalue weighted by molar-refractivity contribution is -0.153. The van der Waals surface area contributed by atoms with Gasteiger partial charge in [-0.1, -0.05) is 60.7 Å². The monoisotopic (exact) mass is 339 g/mol. The lowest BCUT2D eigenvalue weighted by Crippen LogP contribution is -2.39. The van der Waals surface area contributed by atoms with Crippen molar-refractivity contribution in [3.05, 3.63) is 71.8 Å². The van der Waals surface area contributed by atoms with Gasteiger partial charge in [-0.3, -0.25) is 9.59 Å². The number of amides is 1. The Balaban J connectivity index is 1.74. The van der Waals surface area contributed by atoms with Gasteiger partial charge in [-0.05, 0) is 17.5 Å². The van der Waals surface area contributed by atoms with Crippen LogP contribution in [0.15, 0.2) is 60.7 Å². The van der Waals surface area contributed by atoms with Crippen LogP contribution in [0.25, 0.3) is 0 Å². The third kappa shape index (κ3) is 3.28. The van der Waals surface area contributed by atoms with E-state index in [0.717, 1.165) is 5.56 Å². The van der Waals surface area contributed by atoms with Crippen molar-refractivity contribution in [2.45, 2.75) is 19.1 Å². The second-order valence-electron chi connectivity index (χ2n) is 6.30. The van der Waals surface area contributed by atoms with Gasteiger partial charge in [0.2, 0.25) is 5.91 Å². The average molecular weight is 339 g/mol. The van der Waals surface area contributed by atoms with Gasteiger partial charge in [0.25, 0.3) is 0 Å². The molecule has 2 aromatic carbocycles. The van der Waals surface area contributed by atoms with E-state index in [0.29, 0.717) is 12.1 Å². The molecule has 5 nitrogen and oxygen atoms in total. The van der Waals surface area contributed by atoms with Crippen LogP contribution in [0.2, 0.25) is 0 Å². The number of hydrogen-bond acceptors (Lipinski definition) is 4.